The highest BCUT2D eigenvalue weighted by molar-refractivity contribution is 5.09. The Morgan fingerprint density at radius 2 is 1.44 bits per heavy atom. The Morgan fingerprint density at radius 3 is 1.78 bits per heavy atom. The van der Waals surface area contributed by atoms with Crippen molar-refractivity contribution in [2.24, 2.45) is 0 Å². The van der Waals surface area contributed by atoms with Gasteiger partial charge in [0.05, 0.1) is 12.1 Å². The standard InChI is InChI=1S/C4H5N5/c5-1-3-4(2-6)8-9-7-3/h3-4,7-9H. The predicted octanol–water partition coefficient (Wildman–Crippen LogP) is -1.62. The van der Waals surface area contributed by atoms with Crippen LogP contribution in [0.2, 0.25) is 0 Å². The maximum absolute atomic E-state index is 8.32. The van der Waals surface area contributed by atoms with Gasteiger partial charge in [-0.2, -0.15) is 16.1 Å². The van der Waals surface area contributed by atoms with Crippen molar-refractivity contribution in [1.29, 1.82) is 10.5 Å². The molecule has 3 N–H and O–H groups in total. The molecule has 0 bridgehead atoms. The third-order valence-corrected chi connectivity index (χ3v) is 1.07. The van der Waals surface area contributed by atoms with Crippen molar-refractivity contribution in [3.8, 4) is 12.1 Å². The summed E-state index contributed by atoms with van der Waals surface area (Å²) in [7, 11) is 0. The smallest absolute Gasteiger partial charge is 0.139 e. The molecule has 0 amide bonds. The lowest BCUT2D eigenvalue weighted by Crippen LogP contribution is -2.32. The van der Waals surface area contributed by atoms with Crippen molar-refractivity contribution < 1.29 is 0 Å². The van der Waals surface area contributed by atoms with Gasteiger partial charge in [0.25, 0.3) is 0 Å². The molecule has 0 aromatic rings. The zero-order valence-electron chi connectivity index (χ0n) is 4.55. The second kappa shape index (κ2) is 2.42. The molecule has 0 aromatic carbocycles. The highest BCUT2D eigenvalue weighted by atomic mass is 15.7. The summed E-state index contributed by atoms with van der Waals surface area (Å²) in [5.74, 6) is 0. The van der Waals surface area contributed by atoms with Crippen LogP contribution in [0.15, 0.2) is 0 Å². The Hall–Kier alpha value is -1.14. The van der Waals surface area contributed by atoms with Crippen LogP contribution in [-0.2, 0) is 0 Å². The lowest BCUT2D eigenvalue weighted by molar-refractivity contribution is 0.572. The molecule has 2 atom stereocenters. The summed E-state index contributed by atoms with van der Waals surface area (Å²) >= 11 is 0. The summed E-state index contributed by atoms with van der Waals surface area (Å²) in [5.41, 5.74) is 7.60. The minimum atomic E-state index is -0.449. The van der Waals surface area contributed by atoms with Crippen molar-refractivity contribution in [2.45, 2.75) is 12.1 Å². The summed E-state index contributed by atoms with van der Waals surface area (Å²) in [6.07, 6.45) is 0. The van der Waals surface area contributed by atoms with Gasteiger partial charge in [-0.15, -0.1) is 0 Å². The van der Waals surface area contributed by atoms with Crippen LogP contribution >= 0.6 is 0 Å². The second-order valence-electron chi connectivity index (χ2n) is 1.63. The van der Waals surface area contributed by atoms with Crippen LogP contribution in [0.25, 0.3) is 0 Å². The van der Waals surface area contributed by atoms with Crippen molar-refractivity contribution in [2.75, 3.05) is 0 Å². The first-order valence-electron chi connectivity index (χ1n) is 2.44. The van der Waals surface area contributed by atoms with Crippen LogP contribution < -0.4 is 16.4 Å². The summed E-state index contributed by atoms with van der Waals surface area (Å²) < 4.78 is 0. The molecular weight excluding hydrogens is 118 g/mol. The first-order valence-corrected chi connectivity index (χ1v) is 2.44. The molecule has 0 aromatic heterocycles. The van der Waals surface area contributed by atoms with Crippen LogP contribution in [-0.4, -0.2) is 12.1 Å². The molecule has 1 saturated heterocycles. The van der Waals surface area contributed by atoms with Crippen molar-refractivity contribution in [3.05, 3.63) is 0 Å². The highest BCUT2D eigenvalue weighted by Gasteiger charge is 2.25. The van der Waals surface area contributed by atoms with Gasteiger partial charge < -0.3 is 0 Å². The first-order chi connectivity index (χ1) is 4.38. The molecule has 1 aliphatic rings. The maximum Gasteiger partial charge on any atom is 0.139 e. The summed E-state index contributed by atoms with van der Waals surface area (Å²) in [4.78, 5) is 0. The maximum atomic E-state index is 8.32. The van der Waals surface area contributed by atoms with E-state index >= 15 is 0 Å². The number of nitriles is 2. The van der Waals surface area contributed by atoms with E-state index in [1.54, 1.807) is 0 Å². The van der Waals surface area contributed by atoms with E-state index < -0.39 is 12.1 Å². The van der Waals surface area contributed by atoms with Gasteiger partial charge in [0, 0.05) is 0 Å². The van der Waals surface area contributed by atoms with E-state index in [9.17, 15) is 0 Å². The van der Waals surface area contributed by atoms with Gasteiger partial charge in [-0.05, 0) is 0 Å². The largest absolute Gasteiger partial charge is 0.224 e. The first kappa shape index (κ1) is 5.99. The van der Waals surface area contributed by atoms with E-state index in [1.165, 1.54) is 0 Å². The SMILES string of the molecule is N#CC1NNNC1C#N. The monoisotopic (exact) mass is 123 g/mol. The van der Waals surface area contributed by atoms with Crippen LogP contribution in [0, 0.1) is 22.7 Å². The molecule has 0 spiro atoms. The molecule has 1 heterocycles. The van der Waals surface area contributed by atoms with E-state index in [0.717, 1.165) is 0 Å². The van der Waals surface area contributed by atoms with Crippen LogP contribution in [0.5, 0.6) is 0 Å². The molecule has 0 radical (unpaired) electrons. The van der Waals surface area contributed by atoms with Gasteiger partial charge >= 0.3 is 0 Å². The Kier molecular flexibility index (Phi) is 1.61. The predicted molar refractivity (Wildman–Crippen MR) is 28.2 cm³/mol. The average molecular weight is 123 g/mol. The van der Waals surface area contributed by atoms with Gasteiger partial charge in [-0.3, -0.25) is 0 Å². The van der Waals surface area contributed by atoms with Gasteiger partial charge in [-0.1, -0.05) is 0 Å². The molecule has 0 aliphatic carbocycles. The summed E-state index contributed by atoms with van der Waals surface area (Å²) in [5, 5.41) is 16.6. The normalized spacial score (nSPS) is 33.1. The fourth-order valence-corrected chi connectivity index (χ4v) is 0.577. The number of nitrogens with zero attached hydrogens (tertiary/aromatic N) is 2. The molecule has 1 rings (SSSR count). The number of hydrazine groups is 2. The fourth-order valence-electron chi connectivity index (χ4n) is 0.577. The minimum Gasteiger partial charge on any atom is -0.224 e. The quantitative estimate of drug-likeness (QED) is 0.360. The van der Waals surface area contributed by atoms with Crippen LogP contribution in [0.1, 0.15) is 0 Å². The average Bonchev–Trinajstić information content (AvgIpc) is 2.33. The Morgan fingerprint density at radius 1 is 1.00 bits per heavy atom. The molecule has 5 nitrogen and oxygen atoms in total. The van der Waals surface area contributed by atoms with E-state index in [-0.39, 0.29) is 0 Å². The van der Waals surface area contributed by atoms with Crippen molar-refractivity contribution >= 4 is 0 Å². The van der Waals surface area contributed by atoms with Crippen molar-refractivity contribution in [1.82, 2.24) is 16.4 Å². The van der Waals surface area contributed by atoms with Crippen LogP contribution in [0.3, 0.4) is 0 Å². The third kappa shape index (κ3) is 0.980. The van der Waals surface area contributed by atoms with Gasteiger partial charge in [0.2, 0.25) is 0 Å². The fraction of sp³-hybridized carbons (Fsp3) is 0.500. The zero-order chi connectivity index (χ0) is 6.69. The Balaban J connectivity index is 2.57. The van der Waals surface area contributed by atoms with Gasteiger partial charge in [0.1, 0.15) is 12.1 Å². The molecule has 1 aliphatic heterocycles. The second-order valence-corrected chi connectivity index (χ2v) is 1.63. The zero-order valence-corrected chi connectivity index (χ0v) is 4.55. The lowest BCUT2D eigenvalue weighted by atomic mass is 10.2. The van der Waals surface area contributed by atoms with Gasteiger partial charge in [-0.25, -0.2) is 10.9 Å². The lowest BCUT2D eigenvalue weighted by Gasteiger charge is -1.97. The molecule has 46 valence electrons. The molecule has 0 saturated carbocycles. The molecule has 2 unspecified atom stereocenters. The Bertz CT molecular complexity index is 154. The molecule has 9 heavy (non-hydrogen) atoms. The minimum absolute atomic E-state index is 0.449. The number of nitrogens with one attached hydrogen (secondary N) is 3. The number of hydrogen-bond acceptors (Lipinski definition) is 5. The topological polar surface area (TPSA) is 83.7 Å². The summed E-state index contributed by atoms with van der Waals surface area (Å²) in [6, 6.07) is 2.91. The van der Waals surface area contributed by atoms with Crippen molar-refractivity contribution in [3.63, 3.8) is 0 Å². The van der Waals surface area contributed by atoms with E-state index in [2.05, 4.69) is 16.4 Å². The van der Waals surface area contributed by atoms with Crippen LogP contribution in [0.4, 0.5) is 0 Å². The number of rotatable bonds is 0. The molecule has 1 fully saturated rings. The van der Waals surface area contributed by atoms with E-state index in [0.29, 0.717) is 0 Å². The Labute approximate surface area is 52.2 Å². The molecular formula is C4H5N5. The molecule has 5 heteroatoms. The van der Waals surface area contributed by atoms with Gasteiger partial charge in [0.15, 0.2) is 0 Å². The van der Waals surface area contributed by atoms with E-state index in [4.69, 9.17) is 10.5 Å². The highest BCUT2D eigenvalue weighted by Crippen LogP contribution is 1.91. The third-order valence-electron chi connectivity index (χ3n) is 1.07. The summed E-state index contributed by atoms with van der Waals surface area (Å²) in [6.45, 7) is 0. The van der Waals surface area contributed by atoms with E-state index in [1.807, 2.05) is 12.1 Å². The number of hydrogen-bond donors (Lipinski definition) is 3.